The number of amides is 1. The van der Waals surface area contributed by atoms with Crippen LogP contribution in [0.1, 0.15) is 5.56 Å². The number of fused-ring (bicyclic) bond motifs is 1. The number of hydrogen-bond acceptors (Lipinski definition) is 6. The Morgan fingerprint density at radius 2 is 1.79 bits per heavy atom. The van der Waals surface area contributed by atoms with Crippen molar-refractivity contribution in [2.24, 2.45) is 0 Å². The predicted octanol–water partition coefficient (Wildman–Crippen LogP) is 2.95. The Bertz CT molecular complexity index is 1270. The maximum absolute atomic E-state index is 12.9. The lowest BCUT2D eigenvalue weighted by atomic mass is 10.1. The van der Waals surface area contributed by atoms with Crippen LogP contribution >= 0.6 is 11.6 Å². The standard InChI is InChI=1S/C24H23ClN4O4/c1-16-2-4-18(25)13-20(16)27-8-10-28(11-9-27)24(31)14-29-23(30)7-5-19(26-29)17-3-6-21-22(12-17)33-15-32-21/h2-7,12-13H,8-11,14-15H2,1H3. The lowest BCUT2D eigenvalue weighted by Crippen LogP contribution is -2.50. The van der Waals surface area contributed by atoms with Crippen LogP contribution in [0.3, 0.4) is 0 Å². The second kappa shape index (κ2) is 8.78. The molecule has 0 aliphatic carbocycles. The van der Waals surface area contributed by atoms with E-state index in [0.717, 1.165) is 16.8 Å². The molecule has 2 aromatic carbocycles. The summed E-state index contributed by atoms with van der Waals surface area (Å²) in [5.41, 5.74) is 3.29. The highest BCUT2D eigenvalue weighted by molar-refractivity contribution is 6.30. The maximum Gasteiger partial charge on any atom is 0.267 e. The van der Waals surface area contributed by atoms with Crippen LogP contribution in [0.15, 0.2) is 53.3 Å². The average Bonchev–Trinajstić information content (AvgIpc) is 3.30. The first-order chi connectivity index (χ1) is 16.0. The van der Waals surface area contributed by atoms with E-state index in [9.17, 15) is 9.59 Å². The van der Waals surface area contributed by atoms with Gasteiger partial charge in [0.05, 0.1) is 5.69 Å². The van der Waals surface area contributed by atoms with Gasteiger partial charge in [0.15, 0.2) is 11.5 Å². The first kappa shape index (κ1) is 21.3. The normalized spacial score (nSPS) is 15.1. The van der Waals surface area contributed by atoms with Crippen molar-refractivity contribution in [2.45, 2.75) is 13.5 Å². The van der Waals surface area contributed by atoms with Gasteiger partial charge in [0.2, 0.25) is 12.7 Å². The fraction of sp³-hybridized carbons (Fsp3) is 0.292. The molecule has 0 radical (unpaired) electrons. The zero-order valence-corrected chi connectivity index (χ0v) is 18.9. The van der Waals surface area contributed by atoms with Gasteiger partial charge < -0.3 is 19.3 Å². The van der Waals surface area contributed by atoms with Gasteiger partial charge in [-0.2, -0.15) is 5.10 Å². The molecule has 0 saturated carbocycles. The van der Waals surface area contributed by atoms with Gasteiger partial charge in [-0.15, -0.1) is 0 Å². The molecule has 0 unspecified atom stereocenters. The maximum atomic E-state index is 12.9. The molecule has 1 amide bonds. The number of benzene rings is 2. The molecule has 0 atom stereocenters. The van der Waals surface area contributed by atoms with Gasteiger partial charge in [-0.1, -0.05) is 17.7 Å². The van der Waals surface area contributed by atoms with E-state index in [4.69, 9.17) is 21.1 Å². The molecule has 5 rings (SSSR count). The number of anilines is 1. The average molecular weight is 467 g/mol. The van der Waals surface area contributed by atoms with Crippen molar-refractivity contribution in [3.63, 3.8) is 0 Å². The summed E-state index contributed by atoms with van der Waals surface area (Å²) >= 11 is 6.16. The van der Waals surface area contributed by atoms with Crippen molar-refractivity contribution in [2.75, 3.05) is 37.9 Å². The molecule has 3 aromatic rings. The van der Waals surface area contributed by atoms with Crippen molar-refractivity contribution in [1.82, 2.24) is 14.7 Å². The SMILES string of the molecule is Cc1ccc(Cl)cc1N1CCN(C(=O)Cn2nc(-c3ccc4c(c3)OCO4)ccc2=O)CC1. The summed E-state index contributed by atoms with van der Waals surface area (Å²) in [5.74, 6) is 1.18. The van der Waals surface area contributed by atoms with Gasteiger partial charge >= 0.3 is 0 Å². The minimum absolute atomic E-state index is 0.104. The quantitative estimate of drug-likeness (QED) is 0.588. The summed E-state index contributed by atoms with van der Waals surface area (Å²) in [6.45, 7) is 4.67. The van der Waals surface area contributed by atoms with E-state index in [1.807, 2.05) is 30.3 Å². The van der Waals surface area contributed by atoms with E-state index in [1.165, 1.54) is 10.7 Å². The number of ether oxygens (including phenoxy) is 2. The van der Waals surface area contributed by atoms with Crippen LogP contribution in [0.4, 0.5) is 5.69 Å². The predicted molar refractivity (Wildman–Crippen MR) is 125 cm³/mol. The molecule has 170 valence electrons. The van der Waals surface area contributed by atoms with Crippen molar-refractivity contribution < 1.29 is 14.3 Å². The molecule has 2 aliphatic rings. The fourth-order valence-electron chi connectivity index (χ4n) is 4.12. The molecule has 1 fully saturated rings. The number of piperazine rings is 1. The van der Waals surface area contributed by atoms with Crippen LogP contribution in [0, 0.1) is 6.92 Å². The fourth-order valence-corrected chi connectivity index (χ4v) is 4.29. The van der Waals surface area contributed by atoms with Crippen molar-refractivity contribution in [3.8, 4) is 22.8 Å². The molecule has 1 saturated heterocycles. The summed E-state index contributed by atoms with van der Waals surface area (Å²) in [5, 5.41) is 5.12. The third-order valence-corrected chi connectivity index (χ3v) is 6.20. The van der Waals surface area contributed by atoms with Crippen LogP contribution in [0.2, 0.25) is 5.02 Å². The van der Waals surface area contributed by atoms with Crippen LogP contribution in [-0.4, -0.2) is 53.6 Å². The number of halogens is 1. The molecular weight excluding hydrogens is 444 g/mol. The number of aromatic nitrogens is 2. The third kappa shape index (κ3) is 4.39. The number of carbonyl (C=O) groups is 1. The van der Waals surface area contributed by atoms with Crippen molar-refractivity contribution >= 4 is 23.2 Å². The minimum atomic E-state index is -0.318. The molecular formula is C24H23ClN4O4. The zero-order chi connectivity index (χ0) is 22.9. The van der Waals surface area contributed by atoms with E-state index in [0.29, 0.717) is 48.4 Å². The van der Waals surface area contributed by atoms with Crippen molar-refractivity contribution in [3.05, 3.63) is 69.5 Å². The molecule has 33 heavy (non-hydrogen) atoms. The van der Waals surface area contributed by atoms with Gasteiger partial charge in [-0.3, -0.25) is 9.59 Å². The Balaban J connectivity index is 1.27. The molecule has 9 heteroatoms. The Hall–Kier alpha value is -3.52. The molecule has 0 bridgehead atoms. The van der Waals surface area contributed by atoms with E-state index in [1.54, 1.807) is 17.0 Å². The Kier molecular flexibility index (Phi) is 5.68. The minimum Gasteiger partial charge on any atom is -0.454 e. The van der Waals surface area contributed by atoms with E-state index >= 15 is 0 Å². The number of aryl methyl sites for hydroxylation is 1. The van der Waals surface area contributed by atoms with E-state index < -0.39 is 0 Å². The monoisotopic (exact) mass is 466 g/mol. The summed E-state index contributed by atoms with van der Waals surface area (Å²) in [6.07, 6.45) is 0. The zero-order valence-electron chi connectivity index (χ0n) is 18.2. The lowest BCUT2D eigenvalue weighted by Gasteiger charge is -2.37. The summed E-state index contributed by atoms with van der Waals surface area (Å²) in [4.78, 5) is 29.3. The van der Waals surface area contributed by atoms with Crippen LogP contribution < -0.4 is 19.9 Å². The Labute approximate surface area is 195 Å². The second-order valence-corrected chi connectivity index (χ2v) is 8.52. The first-order valence-electron chi connectivity index (χ1n) is 10.7. The van der Waals surface area contributed by atoms with Crippen LogP contribution in [0.25, 0.3) is 11.3 Å². The van der Waals surface area contributed by atoms with Gasteiger partial charge in [-0.25, -0.2) is 4.68 Å². The molecule has 3 heterocycles. The second-order valence-electron chi connectivity index (χ2n) is 8.08. The molecule has 0 spiro atoms. The highest BCUT2D eigenvalue weighted by Crippen LogP contribution is 2.35. The van der Waals surface area contributed by atoms with E-state index in [2.05, 4.69) is 16.9 Å². The van der Waals surface area contributed by atoms with Gasteiger partial charge in [0.25, 0.3) is 5.56 Å². The van der Waals surface area contributed by atoms with Gasteiger partial charge in [0.1, 0.15) is 6.54 Å². The lowest BCUT2D eigenvalue weighted by molar-refractivity contribution is -0.132. The Morgan fingerprint density at radius 1 is 1.00 bits per heavy atom. The van der Waals surface area contributed by atoms with E-state index in [-0.39, 0.29) is 24.8 Å². The highest BCUT2D eigenvalue weighted by atomic mass is 35.5. The summed E-state index contributed by atoms with van der Waals surface area (Å²) < 4.78 is 12.0. The Morgan fingerprint density at radius 3 is 2.61 bits per heavy atom. The topological polar surface area (TPSA) is 76.9 Å². The van der Waals surface area contributed by atoms with Gasteiger partial charge in [-0.05, 0) is 48.9 Å². The number of hydrogen-bond donors (Lipinski definition) is 0. The molecule has 2 aliphatic heterocycles. The van der Waals surface area contributed by atoms with Gasteiger partial charge in [0, 0.05) is 48.5 Å². The molecule has 8 nitrogen and oxygen atoms in total. The largest absolute Gasteiger partial charge is 0.454 e. The van der Waals surface area contributed by atoms with Crippen LogP contribution in [-0.2, 0) is 11.3 Å². The van der Waals surface area contributed by atoms with Crippen LogP contribution in [0.5, 0.6) is 11.5 Å². The third-order valence-electron chi connectivity index (χ3n) is 5.96. The van der Waals surface area contributed by atoms with Crippen molar-refractivity contribution in [1.29, 1.82) is 0 Å². The number of nitrogens with zero attached hydrogens (tertiary/aromatic N) is 4. The number of carbonyl (C=O) groups excluding carboxylic acids is 1. The highest BCUT2D eigenvalue weighted by Gasteiger charge is 2.23. The first-order valence-corrected chi connectivity index (χ1v) is 11.1. The smallest absolute Gasteiger partial charge is 0.267 e. The molecule has 1 aromatic heterocycles. The summed E-state index contributed by atoms with van der Waals surface area (Å²) in [6, 6.07) is 14.4. The number of rotatable bonds is 4. The summed E-state index contributed by atoms with van der Waals surface area (Å²) in [7, 11) is 0. The molecule has 0 N–H and O–H groups in total.